The minimum absolute atomic E-state index is 0.338. The zero-order valence-electron chi connectivity index (χ0n) is 9.42. The molecule has 3 nitrogen and oxygen atoms in total. The monoisotopic (exact) mass is 201 g/mol. The smallest absolute Gasteiger partial charge is 0.0813 e. The van der Waals surface area contributed by atoms with Gasteiger partial charge in [-0.3, -0.25) is 0 Å². The first-order valence-electron chi connectivity index (χ1n) is 5.74. The number of ether oxygens (including phenoxy) is 2. The fourth-order valence-corrected chi connectivity index (χ4v) is 1.74. The molecule has 2 atom stereocenters. The molecule has 0 amide bonds. The molecule has 2 unspecified atom stereocenters. The van der Waals surface area contributed by atoms with Gasteiger partial charge in [-0.2, -0.15) is 0 Å². The van der Waals surface area contributed by atoms with E-state index in [1.54, 1.807) is 0 Å². The maximum Gasteiger partial charge on any atom is 0.0813 e. The molecule has 0 spiro atoms. The lowest BCUT2D eigenvalue weighted by Gasteiger charge is -2.13. The van der Waals surface area contributed by atoms with Gasteiger partial charge in [-0.25, -0.2) is 0 Å². The van der Waals surface area contributed by atoms with Crippen LogP contribution in [0, 0.1) is 0 Å². The molecule has 0 aromatic rings. The highest BCUT2D eigenvalue weighted by Crippen LogP contribution is 2.19. The van der Waals surface area contributed by atoms with Gasteiger partial charge in [-0.1, -0.05) is 13.3 Å². The minimum Gasteiger partial charge on any atom is -0.379 e. The van der Waals surface area contributed by atoms with E-state index in [-0.39, 0.29) is 0 Å². The number of unbranched alkanes of at least 4 members (excludes halogenated alkanes) is 1. The Balaban J connectivity index is 1.98. The molecule has 1 aliphatic rings. The third kappa shape index (κ3) is 4.40. The van der Waals surface area contributed by atoms with Crippen molar-refractivity contribution in [2.24, 2.45) is 0 Å². The Hall–Kier alpha value is -0.120. The first kappa shape index (κ1) is 12.0. The molecule has 14 heavy (non-hydrogen) atoms. The molecule has 1 fully saturated rings. The van der Waals surface area contributed by atoms with E-state index < -0.39 is 0 Å². The van der Waals surface area contributed by atoms with Crippen LogP contribution in [0.2, 0.25) is 0 Å². The standard InChI is InChI=1S/C11H23NO2/c1-3-4-7-13-9-11-6-5-10(14-11)8-12-2/h10-12H,3-9H2,1-2H3. The first-order valence-corrected chi connectivity index (χ1v) is 5.74. The third-order valence-electron chi connectivity index (χ3n) is 2.57. The highest BCUT2D eigenvalue weighted by molar-refractivity contribution is 4.74. The molecule has 0 radical (unpaired) electrons. The number of hydrogen-bond donors (Lipinski definition) is 1. The Kier molecular flexibility index (Phi) is 6.15. The normalized spacial score (nSPS) is 27.0. The van der Waals surface area contributed by atoms with Crippen LogP contribution in [0.5, 0.6) is 0 Å². The molecule has 0 aromatic carbocycles. The van der Waals surface area contributed by atoms with Crippen LogP contribution >= 0.6 is 0 Å². The molecule has 0 saturated carbocycles. The number of hydrogen-bond acceptors (Lipinski definition) is 3. The predicted octanol–water partition coefficient (Wildman–Crippen LogP) is 1.57. The van der Waals surface area contributed by atoms with E-state index in [0.717, 1.165) is 32.6 Å². The van der Waals surface area contributed by atoms with Crippen molar-refractivity contribution in [3.63, 3.8) is 0 Å². The molecule has 1 aliphatic heterocycles. The van der Waals surface area contributed by atoms with Crippen LogP contribution in [0.25, 0.3) is 0 Å². The topological polar surface area (TPSA) is 30.5 Å². The molecule has 1 heterocycles. The Morgan fingerprint density at radius 1 is 1.36 bits per heavy atom. The molecule has 3 heteroatoms. The van der Waals surface area contributed by atoms with E-state index in [2.05, 4.69) is 12.2 Å². The fourth-order valence-electron chi connectivity index (χ4n) is 1.74. The van der Waals surface area contributed by atoms with E-state index in [9.17, 15) is 0 Å². The maximum absolute atomic E-state index is 5.79. The number of likely N-dealkylation sites (N-methyl/N-ethyl adjacent to an activating group) is 1. The molecular formula is C11H23NO2. The van der Waals surface area contributed by atoms with Gasteiger partial charge < -0.3 is 14.8 Å². The molecular weight excluding hydrogens is 178 g/mol. The first-order chi connectivity index (χ1) is 6.86. The quantitative estimate of drug-likeness (QED) is 0.634. The van der Waals surface area contributed by atoms with Crippen molar-refractivity contribution >= 4 is 0 Å². The van der Waals surface area contributed by atoms with Crippen LogP contribution in [0.15, 0.2) is 0 Å². The van der Waals surface area contributed by atoms with Crippen molar-refractivity contribution in [1.29, 1.82) is 0 Å². The molecule has 1 saturated heterocycles. The zero-order valence-corrected chi connectivity index (χ0v) is 9.42. The molecule has 84 valence electrons. The van der Waals surface area contributed by atoms with Gasteiger partial charge in [0.15, 0.2) is 0 Å². The van der Waals surface area contributed by atoms with Gasteiger partial charge in [0.2, 0.25) is 0 Å². The number of nitrogens with one attached hydrogen (secondary N) is 1. The summed E-state index contributed by atoms with van der Waals surface area (Å²) >= 11 is 0. The Labute approximate surface area is 87.2 Å². The van der Waals surface area contributed by atoms with Crippen molar-refractivity contribution in [1.82, 2.24) is 5.32 Å². The lowest BCUT2D eigenvalue weighted by molar-refractivity contribution is -0.0142. The second kappa shape index (κ2) is 7.21. The average Bonchev–Trinajstić information content (AvgIpc) is 2.61. The summed E-state index contributed by atoms with van der Waals surface area (Å²) in [5.41, 5.74) is 0. The van der Waals surface area contributed by atoms with Crippen LogP contribution in [-0.2, 0) is 9.47 Å². The highest BCUT2D eigenvalue weighted by Gasteiger charge is 2.24. The summed E-state index contributed by atoms with van der Waals surface area (Å²) in [6, 6.07) is 0. The van der Waals surface area contributed by atoms with E-state index >= 15 is 0 Å². The van der Waals surface area contributed by atoms with Gasteiger partial charge in [-0.15, -0.1) is 0 Å². The van der Waals surface area contributed by atoms with Crippen LogP contribution < -0.4 is 5.32 Å². The van der Waals surface area contributed by atoms with Crippen LogP contribution in [0.4, 0.5) is 0 Å². The average molecular weight is 201 g/mol. The van der Waals surface area contributed by atoms with E-state index in [0.29, 0.717) is 12.2 Å². The van der Waals surface area contributed by atoms with E-state index in [1.165, 1.54) is 12.8 Å². The summed E-state index contributed by atoms with van der Waals surface area (Å²) < 4.78 is 11.3. The van der Waals surface area contributed by atoms with E-state index in [4.69, 9.17) is 9.47 Å². The van der Waals surface area contributed by atoms with Gasteiger partial charge >= 0.3 is 0 Å². The second-order valence-electron chi connectivity index (χ2n) is 3.94. The molecule has 0 bridgehead atoms. The van der Waals surface area contributed by atoms with Crippen LogP contribution in [0.1, 0.15) is 32.6 Å². The Morgan fingerprint density at radius 2 is 2.14 bits per heavy atom. The molecule has 0 aromatic heterocycles. The largest absolute Gasteiger partial charge is 0.379 e. The van der Waals surface area contributed by atoms with Crippen molar-refractivity contribution < 1.29 is 9.47 Å². The zero-order chi connectivity index (χ0) is 10.2. The SMILES string of the molecule is CCCCOCC1CCC(CNC)O1. The molecule has 1 N–H and O–H groups in total. The summed E-state index contributed by atoms with van der Waals surface area (Å²) in [6.07, 6.45) is 5.42. The summed E-state index contributed by atoms with van der Waals surface area (Å²) in [7, 11) is 1.97. The lowest BCUT2D eigenvalue weighted by Crippen LogP contribution is -2.25. The summed E-state index contributed by atoms with van der Waals surface area (Å²) in [4.78, 5) is 0. The minimum atomic E-state index is 0.338. The maximum atomic E-state index is 5.79. The van der Waals surface area contributed by atoms with Gasteiger partial charge in [0.25, 0.3) is 0 Å². The van der Waals surface area contributed by atoms with Crippen LogP contribution in [0.3, 0.4) is 0 Å². The molecule has 1 rings (SSSR count). The van der Waals surface area contributed by atoms with Crippen LogP contribution in [-0.4, -0.2) is 39.0 Å². The molecule has 0 aliphatic carbocycles. The highest BCUT2D eigenvalue weighted by atomic mass is 16.5. The van der Waals surface area contributed by atoms with Crippen molar-refractivity contribution in [3.8, 4) is 0 Å². The van der Waals surface area contributed by atoms with Gasteiger partial charge in [0, 0.05) is 13.2 Å². The summed E-state index contributed by atoms with van der Waals surface area (Å²) in [5, 5.41) is 3.14. The fraction of sp³-hybridized carbons (Fsp3) is 1.00. The van der Waals surface area contributed by atoms with Gasteiger partial charge in [-0.05, 0) is 26.3 Å². The Morgan fingerprint density at radius 3 is 2.86 bits per heavy atom. The van der Waals surface area contributed by atoms with Crippen molar-refractivity contribution in [2.75, 3.05) is 26.8 Å². The Bertz CT molecular complexity index is 141. The summed E-state index contributed by atoms with van der Waals surface area (Å²) in [6.45, 7) is 4.80. The van der Waals surface area contributed by atoms with Crippen molar-refractivity contribution in [2.45, 2.75) is 44.8 Å². The third-order valence-corrected chi connectivity index (χ3v) is 2.57. The van der Waals surface area contributed by atoms with Gasteiger partial charge in [0.1, 0.15) is 0 Å². The van der Waals surface area contributed by atoms with Crippen molar-refractivity contribution in [3.05, 3.63) is 0 Å². The lowest BCUT2D eigenvalue weighted by atomic mass is 10.2. The predicted molar refractivity (Wildman–Crippen MR) is 57.5 cm³/mol. The second-order valence-corrected chi connectivity index (χ2v) is 3.94. The summed E-state index contributed by atoms with van der Waals surface area (Å²) in [5.74, 6) is 0. The van der Waals surface area contributed by atoms with Gasteiger partial charge in [0.05, 0.1) is 18.8 Å². The number of rotatable bonds is 7. The van der Waals surface area contributed by atoms with E-state index in [1.807, 2.05) is 7.05 Å².